The van der Waals surface area contributed by atoms with Gasteiger partial charge in [0.25, 0.3) is 0 Å². The second kappa shape index (κ2) is 8.24. The van der Waals surface area contributed by atoms with Crippen molar-refractivity contribution in [3.05, 3.63) is 54.0 Å². The molecular weight excluding hydrogens is 350 g/mol. The second-order valence-electron chi connectivity index (χ2n) is 7.00. The zero-order chi connectivity index (χ0) is 19.3. The fourth-order valence-electron chi connectivity index (χ4n) is 3.46. The van der Waals surface area contributed by atoms with Gasteiger partial charge in [-0.2, -0.15) is 0 Å². The lowest BCUT2D eigenvalue weighted by Crippen LogP contribution is -2.42. The van der Waals surface area contributed by atoms with E-state index in [2.05, 4.69) is 27.1 Å². The first-order chi connectivity index (χ1) is 13.7. The number of methoxy groups -OCH3 is 1. The summed E-state index contributed by atoms with van der Waals surface area (Å²) >= 11 is 0. The van der Waals surface area contributed by atoms with Crippen LogP contribution in [0.5, 0.6) is 5.75 Å². The third-order valence-electron chi connectivity index (χ3n) is 5.03. The van der Waals surface area contributed by atoms with Crippen LogP contribution in [0.25, 0.3) is 10.9 Å². The Kier molecular flexibility index (Phi) is 5.36. The van der Waals surface area contributed by atoms with E-state index >= 15 is 0 Å². The highest BCUT2D eigenvalue weighted by molar-refractivity contribution is 5.83. The maximum Gasteiger partial charge on any atom is 0.223 e. The smallest absolute Gasteiger partial charge is 0.223 e. The van der Waals surface area contributed by atoms with Crippen molar-refractivity contribution in [2.75, 3.05) is 12.4 Å². The highest BCUT2D eigenvalue weighted by Crippen LogP contribution is 2.21. The monoisotopic (exact) mass is 373 g/mol. The SMILES string of the molecule is COc1cccc(C#Cc2cncc3cnc(N[C@@H]4CCCC[C@@H]4N)nc23)c1. The standard InChI is InChI=1S/C22H23N5O/c1-28-18-6-4-5-15(11-18)9-10-16-12-24-13-17-14-25-22(27-21(16)17)26-20-8-3-2-7-19(20)23/h4-6,11-14,19-20H,2-3,7-8,23H2,1H3,(H,25,26,27)/t19-,20+/m0/s1. The van der Waals surface area contributed by atoms with Gasteiger partial charge in [-0.1, -0.05) is 30.7 Å². The number of benzene rings is 1. The molecule has 0 bridgehead atoms. The molecule has 4 rings (SSSR count). The summed E-state index contributed by atoms with van der Waals surface area (Å²) in [6, 6.07) is 8.00. The van der Waals surface area contributed by atoms with Gasteiger partial charge >= 0.3 is 0 Å². The summed E-state index contributed by atoms with van der Waals surface area (Å²) in [6.07, 6.45) is 9.71. The molecule has 1 saturated carbocycles. The van der Waals surface area contributed by atoms with E-state index in [1.165, 1.54) is 12.8 Å². The molecule has 3 aromatic rings. The number of hydrogen-bond donors (Lipinski definition) is 2. The van der Waals surface area contributed by atoms with Gasteiger partial charge in [0.2, 0.25) is 5.95 Å². The van der Waals surface area contributed by atoms with Crippen molar-refractivity contribution >= 4 is 16.9 Å². The Labute approximate surface area is 164 Å². The van der Waals surface area contributed by atoms with Crippen LogP contribution in [0.4, 0.5) is 5.95 Å². The van der Waals surface area contributed by atoms with Crippen molar-refractivity contribution in [1.82, 2.24) is 15.0 Å². The molecule has 1 fully saturated rings. The van der Waals surface area contributed by atoms with Gasteiger partial charge < -0.3 is 15.8 Å². The molecule has 2 aromatic heterocycles. The van der Waals surface area contributed by atoms with Crippen molar-refractivity contribution in [2.24, 2.45) is 5.73 Å². The number of pyridine rings is 1. The van der Waals surface area contributed by atoms with Crippen molar-refractivity contribution in [3.8, 4) is 17.6 Å². The molecular formula is C22H23N5O. The van der Waals surface area contributed by atoms with Gasteiger partial charge in [0.05, 0.1) is 18.2 Å². The van der Waals surface area contributed by atoms with Crippen LogP contribution >= 0.6 is 0 Å². The summed E-state index contributed by atoms with van der Waals surface area (Å²) in [4.78, 5) is 13.4. The molecule has 6 nitrogen and oxygen atoms in total. The molecule has 6 heteroatoms. The largest absolute Gasteiger partial charge is 0.497 e. The van der Waals surface area contributed by atoms with Gasteiger partial charge in [0.1, 0.15) is 5.75 Å². The number of rotatable bonds is 3. The summed E-state index contributed by atoms with van der Waals surface area (Å²) in [6.45, 7) is 0. The fourth-order valence-corrected chi connectivity index (χ4v) is 3.46. The predicted molar refractivity (Wildman–Crippen MR) is 110 cm³/mol. The van der Waals surface area contributed by atoms with Crippen molar-refractivity contribution < 1.29 is 4.74 Å². The van der Waals surface area contributed by atoms with E-state index in [1.54, 1.807) is 25.7 Å². The predicted octanol–water partition coefficient (Wildman–Crippen LogP) is 3.12. The summed E-state index contributed by atoms with van der Waals surface area (Å²) in [5, 5.41) is 4.26. The first-order valence-electron chi connectivity index (χ1n) is 9.52. The summed E-state index contributed by atoms with van der Waals surface area (Å²) < 4.78 is 5.25. The van der Waals surface area contributed by atoms with E-state index in [0.29, 0.717) is 5.95 Å². The molecule has 1 aliphatic carbocycles. The lowest BCUT2D eigenvalue weighted by atomic mass is 9.91. The Bertz CT molecular complexity index is 1040. The molecule has 0 aliphatic heterocycles. The second-order valence-corrected chi connectivity index (χ2v) is 7.00. The number of nitrogens with two attached hydrogens (primary N) is 1. The molecule has 3 N–H and O–H groups in total. The highest BCUT2D eigenvalue weighted by Gasteiger charge is 2.22. The molecule has 1 aliphatic rings. The van der Waals surface area contributed by atoms with Crippen LogP contribution in [0.1, 0.15) is 36.8 Å². The van der Waals surface area contributed by atoms with E-state index in [-0.39, 0.29) is 12.1 Å². The van der Waals surface area contributed by atoms with E-state index in [0.717, 1.165) is 40.6 Å². The van der Waals surface area contributed by atoms with E-state index < -0.39 is 0 Å². The maximum absolute atomic E-state index is 6.24. The van der Waals surface area contributed by atoms with Crippen LogP contribution in [0.3, 0.4) is 0 Å². The molecule has 2 heterocycles. The molecule has 0 saturated heterocycles. The fraction of sp³-hybridized carbons (Fsp3) is 0.318. The quantitative estimate of drug-likeness (QED) is 0.686. The Morgan fingerprint density at radius 1 is 1.14 bits per heavy atom. The zero-order valence-electron chi connectivity index (χ0n) is 15.9. The zero-order valence-corrected chi connectivity index (χ0v) is 15.9. The van der Waals surface area contributed by atoms with Gasteiger partial charge in [0.15, 0.2) is 0 Å². The van der Waals surface area contributed by atoms with Crippen molar-refractivity contribution in [1.29, 1.82) is 0 Å². The average Bonchev–Trinajstić information content (AvgIpc) is 2.74. The summed E-state index contributed by atoms with van der Waals surface area (Å²) in [5.74, 6) is 7.72. The van der Waals surface area contributed by atoms with Gasteiger partial charge in [-0.3, -0.25) is 4.98 Å². The summed E-state index contributed by atoms with van der Waals surface area (Å²) in [7, 11) is 1.64. The van der Waals surface area contributed by atoms with E-state index in [1.807, 2.05) is 24.3 Å². The Balaban J connectivity index is 1.64. The molecule has 28 heavy (non-hydrogen) atoms. The first-order valence-corrected chi connectivity index (χ1v) is 9.52. The number of anilines is 1. The van der Waals surface area contributed by atoms with Gasteiger partial charge in [0, 0.05) is 41.6 Å². The minimum atomic E-state index is 0.137. The highest BCUT2D eigenvalue weighted by atomic mass is 16.5. The molecule has 0 radical (unpaired) electrons. The van der Waals surface area contributed by atoms with Gasteiger partial charge in [-0.25, -0.2) is 9.97 Å². The number of nitrogens with zero attached hydrogens (tertiary/aromatic N) is 3. The third kappa shape index (κ3) is 4.05. The van der Waals surface area contributed by atoms with Crippen molar-refractivity contribution in [3.63, 3.8) is 0 Å². The molecule has 2 atom stereocenters. The summed E-state index contributed by atoms with van der Waals surface area (Å²) in [5.41, 5.74) is 8.66. The van der Waals surface area contributed by atoms with Gasteiger partial charge in [-0.15, -0.1) is 0 Å². The molecule has 0 unspecified atom stereocenters. The van der Waals surface area contributed by atoms with Crippen LogP contribution in [0.2, 0.25) is 0 Å². The van der Waals surface area contributed by atoms with Crippen LogP contribution in [-0.2, 0) is 0 Å². The molecule has 1 aromatic carbocycles. The Morgan fingerprint density at radius 3 is 2.89 bits per heavy atom. The molecule has 142 valence electrons. The van der Waals surface area contributed by atoms with Crippen LogP contribution < -0.4 is 15.8 Å². The lowest BCUT2D eigenvalue weighted by Gasteiger charge is -2.29. The normalized spacial score (nSPS) is 18.9. The number of nitrogens with one attached hydrogen (secondary N) is 1. The molecule has 0 amide bonds. The number of fused-ring (bicyclic) bond motifs is 1. The molecule has 0 spiro atoms. The lowest BCUT2D eigenvalue weighted by molar-refractivity contribution is 0.402. The number of aromatic nitrogens is 3. The Hall–Kier alpha value is -3.17. The first kappa shape index (κ1) is 18.2. The van der Waals surface area contributed by atoms with Crippen molar-refractivity contribution in [2.45, 2.75) is 37.8 Å². The minimum absolute atomic E-state index is 0.137. The number of ether oxygens (including phenoxy) is 1. The average molecular weight is 373 g/mol. The topological polar surface area (TPSA) is 86.0 Å². The van der Waals surface area contributed by atoms with Crippen LogP contribution in [0.15, 0.2) is 42.9 Å². The van der Waals surface area contributed by atoms with Crippen LogP contribution in [-0.4, -0.2) is 34.1 Å². The van der Waals surface area contributed by atoms with Crippen LogP contribution in [0, 0.1) is 11.8 Å². The van der Waals surface area contributed by atoms with E-state index in [4.69, 9.17) is 15.5 Å². The van der Waals surface area contributed by atoms with E-state index in [9.17, 15) is 0 Å². The Morgan fingerprint density at radius 2 is 2.04 bits per heavy atom. The third-order valence-corrected chi connectivity index (χ3v) is 5.03. The minimum Gasteiger partial charge on any atom is -0.497 e. The van der Waals surface area contributed by atoms with Gasteiger partial charge in [-0.05, 0) is 31.0 Å². The number of hydrogen-bond acceptors (Lipinski definition) is 6. The maximum atomic E-state index is 6.24.